The van der Waals surface area contributed by atoms with E-state index in [0.717, 1.165) is 62.9 Å². The fourth-order valence-electron chi connectivity index (χ4n) is 5.47. The number of aromatic nitrogens is 1. The molecular weight excluding hydrogens is 511 g/mol. The Kier molecular flexibility index (Phi) is 7.97. The van der Waals surface area contributed by atoms with E-state index in [1.54, 1.807) is 36.5 Å². The zero-order chi connectivity index (χ0) is 27.4. The Labute approximate surface area is 224 Å². The predicted molar refractivity (Wildman–Crippen MR) is 142 cm³/mol. The number of amides is 1. The summed E-state index contributed by atoms with van der Waals surface area (Å²) in [5, 5.41) is 7.29. The third-order valence-electron chi connectivity index (χ3n) is 7.32. The van der Waals surface area contributed by atoms with Gasteiger partial charge in [-0.1, -0.05) is 25.0 Å². The van der Waals surface area contributed by atoms with E-state index in [0.29, 0.717) is 17.3 Å². The van der Waals surface area contributed by atoms with Crippen LogP contribution in [-0.4, -0.2) is 48.5 Å². The highest BCUT2D eigenvalue weighted by molar-refractivity contribution is 5.93. The van der Waals surface area contributed by atoms with Gasteiger partial charge in [0.2, 0.25) is 5.91 Å². The number of primary amides is 1. The van der Waals surface area contributed by atoms with Crippen molar-refractivity contribution in [3.63, 3.8) is 0 Å². The fourth-order valence-corrected chi connectivity index (χ4v) is 5.47. The van der Waals surface area contributed by atoms with Crippen LogP contribution in [0.5, 0.6) is 5.75 Å². The quantitative estimate of drug-likeness (QED) is 0.353. The van der Waals surface area contributed by atoms with Crippen LogP contribution >= 0.6 is 0 Å². The first kappa shape index (κ1) is 26.9. The third-order valence-corrected chi connectivity index (χ3v) is 7.32. The molecule has 208 valence electrons. The molecular formula is C28H32F3N5O3. The van der Waals surface area contributed by atoms with Crippen LogP contribution < -0.4 is 26.0 Å². The van der Waals surface area contributed by atoms with Gasteiger partial charge in [-0.25, -0.2) is 4.98 Å². The van der Waals surface area contributed by atoms with E-state index in [-0.39, 0.29) is 23.9 Å². The number of hydrogen-bond donors (Lipinski definition) is 3. The molecule has 2 aromatic carbocycles. The number of anilines is 2. The van der Waals surface area contributed by atoms with Gasteiger partial charge in [0.15, 0.2) is 5.76 Å². The van der Waals surface area contributed by atoms with Crippen molar-refractivity contribution in [1.82, 2.24) is 10.3 Å². The Morgan fingerprint density at radius 3 is 2.56 bits per heavy atom. The molecule has 3 unspecified atom stereocenters. The molecule has 11 heteroatoms. The largest absolute Gasteiger partial charge is 0.573 e. The number of hydrogen-bond acceptors (Lipinski definition) is 7. The SMILES string of the molecule is NC(=O)c1cccc(-c2cnc(NC3CCCCC3NC3CCCN(c4ccc(OC(F)(F)F)cc4)C3)o2)c1. The van der Waals surface area contributed by atoms with Crippen LogP contribution in [-0.2, 0) is 0 Å². The fraction of sp³-hybridized carbons (Fsp3) is 0.429. The number of nitrogens with zero attached hydrogens (tertiary/aromatic N) is 2. The van der Waals surface area contributed by atoms with Gasteiger partial charge >= 0.3 is 6.36 Å². The molecule has 3 atom stereocenters. The maximum atomic E-state index is 12.5. The summed E-state index contributed by atoms with van der Waals surface area (Å²) in [5.74, 6) is -0.167. The predicted octanol–water partition coefficient (Wildman–Crippen LogP) is 5.32. The maximum Gasteiger partial charge on any atom is 0.573 e. The molecule has 2 aliphatic rings. The summed E-state index contributed by atoms with van der Waals surface area (Å²) >= 11 is 0. The number of halogens is 3. The van der Waals surface area contributed by atoms with Crippen LogP contribution in [0.15, 0.2) is 59.1 Å². The summed E-state index contributed by atoms with van der Waals surface area (Å²) in [6.07, 6.45) is 3.17. The first-order valence-electron chi connectivity index (χ1n) is 13.2. The van der Waals surface area contributed by atoms with Crippen molar-refractivity contribution in [2.24, 2.45) is 5.73 Å². The molecule has 0 bridgehead atoms. The third kappa shape index (κ3) is 7.03. The normalized spacial score (nSPS) is 21.9. The molecule has 1 aliphatic carbocycles. The summed E-state index contributed by atoms with van der Waals surface area (Å²) in [7, 11) is 0. The zero-order valence-corrected chi connectivity index (χ0v) is 21.4. The molecule has 8 nitrogen and oxygen atoms in total. The second kappa shape index (κ2) is 11.6. The average Bonchev–Trinajstić information content (AvgIpc) is 3.38. The standard InChI is InChI=1S/C28H32F3N5O3/c29-28(30,31)39-22-12-10-21(11-13-22)36-14-4-7-20(17-36)34-23-8-1-2-9-24(23)35-27-33-16-25(38-27)18-5-3-6-19(15-18)26(32)37/h3,5-6,10-13,15-16,20,23-24,34H,1-2,4,7-9,14,17H2,(H2,32,37)(H,33,35). The highest BCUT2D eigenvalue weighted by atomic mass is 19.4. The number of benzene rings is 2. The van der Waals surface area contributed by atoms with Crippen LogP contribution in [0.25, 0.3) is 11.3 Å². The second-order valence-corrected chi connectivity index (χ2v) is 10.1. The zero-order valence-electron chi connectivity index (χ0n) is 21.4. The molecule has 1 aliphatic heterocycles. The van der Waals surface area contributed by atoms with E-state index >= 15 is 0 Å². The Balaban J connectivity index is 1.20. The van der Waals surface area contributed by atoms with Crippen LogP contribution in [0.2, 0.25) is 0 Å². The second-order valence-electron chi connectivity index (χ2n) is 10.1. The Bertz CT molecular complexity index is 1260. The maximum absolute atomic E-state index is 12.5. The number of carbonyl (C=O) groups excluding carboxylic acids is 1. The number of rotatable bonds is 8. The van der Waals surface area contributed by atoms with Crippen LogP contribution in [0.3, 0.4) is 0 Å². The number of alkyl halides is 3. The Morgan fingerprint density at radius 2 is 1.82 bits per heavy atom. The lowest BCUT2D eigenvalue weighted by Crippen LogP contribution is -2.54. The van der Waals surface area contributed by atoms with Gasteiger partial charge in [-0.15, -0.1) is 13.2 Å². The van der Waals surface area contributed by atoms with Crippen molar-refractivity contribution in [2.75, 3.05) is 23.3 Å². The van der Waals surface area contributed by atoms with Crippen LogP contribution in [0.4, 0.5) is 24.9 Å². The van der Waals surface area contributed by atoms with Gasteiger partial charge in [0.1, 0.15) is 5.75 Å². The molecule has 2 heterocycles. The monoisotopic (exact) mass is 543 g/mol. The minimum absolute atomic E-state index is 0.136. The van der Waals surface area contributed by atoms with Gasteiger partial charge in [0.05, 0.1) is 6.20 Å². The molecule has 2 fully saturated rings. The van der Waals surface area contributed by atoms with Crippen molar-refractivity contribution < 1.29 is 27.1 Å². The summed E-state index contributed by atoms with van der Waals surface area (Å²) < 4.78 is 47.4. The number of ether oxygens (including phenoxy) is 1. The van der Waals surface area contributed by atoms with E-state index in [2.05, 4.69) is 25.3 Å². The molecule has 3 aromatic rings. The molecule has 5 rings (SSSR count). The first-order valence-corrected chi connectivity index (χ1v) is 13.2. The number of nitrogens with one attached hydrogen (secondary N) is 2. The van der Waals surface area contributed by atoms with Gasteiger partial charge in [-0.05, 0) is 62.1 Å². The molecule has 0 radical (unpaired) electrons. The van der Waals surface area contributed by atoms with Gasteiger partial charge in [0, 0.05) is 48.0 Å². The van der Waals surface area contributed by atoms with Crippen molar-refractivity contribution >= 4 is 17.6 Å². The van der Waals surface area contributed by atoms with Crippen LogP contribution in [0, 0.1) is 0 Å². The lowest BCUT2D eigenvalue weighted by molar-refractivity contribution is -0.274. The highest BCUT2D eigenvalue weighted by Gasteiger charge is 2.32. The number of carbonyl (C=O) groups is 1. The lowest BCUT2D eigenvalue weighted by Gasteiger charge is -2.40. The van der Waals surface area contributed by atoms with Gasteiger partial charge < -0.3 is 30.4 Å². The molecule has 1 aromatic heterocycles. The van der Waals surface area contributed by atoms with Gasteiger partial charge in [0.25, 0.3) is 6.01 Å². The molecule has 39 heavy (non-hydrogen) atoms. The summed E-state index contributed by atoms with van der Waals surface area (Å²) in [6.45, 7) is 1.61. The molecule has 4 N–H and O–H groups in total. The van der Waals surface area contributed by atoms with E-state index in [1.807, 2.05) is 6.07 Å². The van der Waals surface area contributed by atoms with Gasteiger partial charge in [-0.3, -0.25) is 4.79 Å². The Morgan fingerprint density at radius 1 is 1.05 bits per heavy atom. The minimum Gasteiger partial charge on any atom is -0.424 e. The van der Waals surface area contributed by atoms with E-state index < -0.39 is 12.3 Å². The van der Waals surface area contributed by atoms with E-state index in [9.17, 15) is 18.0 Å². The smallest absolute Gasteiger partial charge is 0.424 e. The van der Waals surface area contributed by atoms with Crippen molar-refractivity contribution in [2.45, 2.75) is 63.0 Å². The minimum atomic E-state index is -4.70. The molecule has 1 saturated heterocycles. The first-order chi connectivity index (χ1) is 18.7. The number of piperidine rings is 1. The molecule has 1 amide bonds. The Hall–Kier alpha value is -3.73. The summed E-state index contributed by atoms with van der Waals surface area (Å²) in [5.41, 5.74) is 7.41. The van der Waals surface area contributed by atoms with Crippen molar-refractivity contribution in [3.8, 4) is 17.1 Å². The van der Waals surface area contributed by atoms with E-state index in [4.69, 9.17) is 10.2 Å². The van der Waals surface area contributed by atoms with Crippen molar-refractivity contribution in [3.05, 3.63) is 60.3 Å². The molecule has 0 spiro atoms. The van der Waals surface area contributed by atoms with Crippen molar-refractivity contribution in [1.29, 1.82) is 0 Å². The van der Waals surface area contributed by atoms with Gasteiger partial charge in [-0.2, -0.15) is 0 Å². The summed E-state index contributed by atoms with van der Waals surface area (Å²) in [6, 6.07) is 14.0. The van der Waals surface area contributed by atoms with E-state index in [1.165, 1.54) is 12.1 Å². The van der Waals surface area contributed by atoms with Crippen LogP contribution in [0.1, 0.15) is 48.9 Å². The number of oxazole rings is 1. The molecule has 1 saturated carbocycles. The lowest BCUT2D eigenvalue weighted by atomic mass is 9.89. The average molecular weight is 544 g/mol. The topological polar surface area (TPSA) is 106 Å². The highest BCUT2D eigenvalue weighted by Crippen LogP contribution is 2.29. The summed E-state index contributed by atoms with van der Waals surface area (Å²) in [4.78, 5) is 18.1. The number of nitrogens with two attached hydrogens (primary N) is 1.